The Kier molecular flexibility index (Phi) is 7.25. The largest absolute Gasteiger partial charge is 0.457 e. The van der Waals surface area contributed by atoms with Crippen molar-refractivity contribution in [3.63, 3.8) is 0 Å². The lowest BCUT2D eigenvalue weighted by molar-refractivity contribution is -0.115. The number of furan rings is 1. The van der Waals surface area contributed by atoms with E-state index in [1.165, 1.54) is 16.9 Å². The van der Waals surface area contributed by atoms with Gasteiger partial charge >= 0.3 is 0 Å². The van der Waals surface area contributed by atoms with Crippen molar-refractivity contribution in [3.05, 3.63) is 99.7 Å². The van der Waals surface area contributed by atoms with E-state index in [1.54, 1.807) is 42.5 Å². The topological polar surface area (TPSA) is 85.0 Å². The molecule has 0 atom stereocenters. The Balaban J connectivity index is 1.23. The van der Waals surface area contributed by atoms with Gasteiger partial charge in [-0.25, -0.2) is 0 Å². The number of nitrogens with one attached hydrogen (secondary N) is 2. The lowest BCUT2D eigenvalue weighted by Crippen LogP contribution is -2.32. The quantitative estimate of drug-likeness (QED) is 0.173. The zero-order valence-electron chi connectivity index (χ0n) is 18.8. The molecular weight excluding hydrogens is 553 g/mol. The summed E-state index contributed by atoms with van der Waals surface area (Å²) in [5.41, 5.74) is 3.26. The number of nitrogens with zero attached hydrogens (tertiary/aromatic N) is 3. The highest BCUT2D eigenvalue weighted by atomic mass is 35.5. The smallest absolute Gasteiger partial charge is 0.250 e. The molecule has 3 aromatic carbocycles. The van der Waals surface area contributed by atoms with E-state index in [4.69, 9.17) is 51.4 Å². The number of rotatable bonds is 5. The second kappa shape index (κ2) is 10.7. The van der Waals surface area contributed by atoms with Gasteiger partial charge in [-0.2, -0.15) is 4.80 Å². The summed E-state index contributed by atoms with van der Waals surface area (Å²) in [4.78, 5) is 13.9. The van der Waals surface area contributed by atoms with Crippen molar-refractivity contribution < 1.29 is 9.21 Å². The molecule has 0 aliphatic rings. The molecule has 0 saturated carbocycles. The number of halogens is 3. The summed E-state index contributed by atoms with van der Waals surface area (Å²) in [7, 11) is 0. The minimum absolute atomic E-state index is 0.0695. The average Bonchev–Trinajstić information content (AvgIpc) is 3.50. The minimum atomic E-state index is -0.450. The van der Waals surface area contributed by atoms with Gasteiger partial charge in [-0.05, 0) is 72.9 Å². The monoisotopic (exact) mass is 567 g/mol. The number of anilines is 1. The molecule has 0 aliphatic heterocycles. The third-order valence-corrected chi connectivity index (χ3v) is 6.07. The summed E-state index contributed by atoms with van der Waals surface area (Å²) in [5, 5.41) is 15.9. The van der Waals surface area contributed by atoms with Crippen molar-refractivity contribution in [1.29, 1.82) is 0 Å². The molecule has 184 valence electrons. The lowest BCUT2D eigenvalue weighted by atomic mass is 10.2. The predicted octanol–water partition coefficient (Wildman–Crippen LogP) is 7.17. The summed E-state index contributed by atoms with van der Waals surface area (Å²) in [6, 6.07) is 21.5. The average molecular weight is 569 g/mol. The van der Waals surface area contributed by atoms with Crippen LogP contribution in [0.15, 0.2) is 83.3 Å². The number of carbonyl (C=O) groups is 1. The molecule has 0 bridgehead atoms. The number of amides is 1. The third kappa shape index (κ3) is 6.00. The van der Waals surface area contributed by atoms with Crippen molar-refractivity contribution in [1.82, 2.24) is 20.3 Å². The van der Waals surface area contributed by atoms with Crippen molar-refractivity contribution in [3.8, 4) is 17.0 Å². The first kappa shape index (κ1) is 25.0. The normalized spacial score (nSPS) is 11.2. The highest BCUT2D eigenvalue weighted by Gasteiger charge is 2.12. The summed E-state index contributed by atoms with van der Waals surface area (Å²) >= 11 is 23.8. The fourth-order valence-electron chi connectivity index (χ4n) is 3.47. The minimum Gasteiger partial charge on any atom is -0.457 e. The van der Waals surface area contributed by atoms with Crippen LogP contribution in [0.2, 0.25) is 15.1 Å². The van der Waals surface area contributed by atoms with Crippen LogP contribution >= 0.6 is 47.0 Å². The molecule has 5 rings (SSSR count). The van der Waals surface area contributed by atoms with Crippen molar-refractivity contribution in [2.75, 3.05) is 5.32 Å². The fraction of sp³-hybridized carbons (Fsp3) is 0. The van der Waals surface area contributed by atoms with E-state index in [0.29, 0.717) is 43.3 Å². The number of para-hydroxylation sites is 1. The van der Waals surface area contributed by atoms with E-state index >= 15 is 0 Å². The van der Waals surface area contributed by atoms with Gasteiger partial charge in [-0.3, -0.25) is 10.1 Å². The predicted molar refractivity (Wildman–Crippen MR) is 151 cm³/mol. The Bertz CT molecular complexity index is 1640. The first-order valence-electron chi connectivity index (χ1n) is 10.8. The first-order chi connectivity index (χ1) is 17.8. The number of fused-ring (bicyclic) bond motifs is 1. The van der Waals surface area contributed by atoms with Crippen LogP contribution in [0.5, 0.6) is 0 Å². The molecule has 11 heteroatoms. The summed E-state index contributed by atoms with van der Waals surface area (Å²) < 4.78 is 5.76. The van der Waals surface area contributed by atoms with Crippen LogP contribution in [0.4, 0.5) is 5.69 Å². The van der Waals surface area contributed by atoms with Crippen LogP contribution in [-0.4, -0.2) is 26.0 Å². The van der Waals surface area contributed by atoms with E-state index in [1.807, 2.05) is 30.3 Å². The number of carbonyl (C=O) groups excluding carboxylic acids is 1. The molecular formula is C26H16Cl3N5O2S. The summed E-state index contributed by atoms with van der Waals surface area (Å²) in [5.74, 6) is 0.583. The van der Waals surface area contributed by atoms with Gasteiger partial charge in [0, 0.05) is 21.7 Å². The van der Waals surface area contributed by atoms with E-state index in [9.17, 15) is 4.79 Å². The van der Waals surface area contributed by atoms with E-state index in [-0.39, 0.29) is 5.11 Å². The van der Waals surface area contributed by atoms with Gasteiger partial charge in [-0.1, -0.05) is 53.0 Å². The molecule has 2 N–H and O–H groups in total. The molecule has 0 radical (unpaired) electrons. The Morgan fingerprint density at radius 3 is 2.35 bits per heavy atom. The van der Waals surface area contributed by atoms with Crippen LogP contribution < -0.4 is 10.6 Å². The first-order valence-corrected chi connectivity index (χ1v) is 12.4. The molecule has 0 aliphatic carbocycles. The lowest BCUT2D eigenvalue weighted by Gasteiger charge is -2.09. The SMILES string of the molecule is O=C(/C=C/c1ccc(-c2cc(Cl)cc(Cl)c2)o1)NC(=S)Nc1cc2nn(-c3ccccc3)nc2cc1Cl. The molecule has 0 saturated heterocycles. The number of hydrogen-bond donors (Lipinski definition) is 2. The third-order valence-electron chi connectivity index (χ3n) is 5.11. The van der Waals surface area contributed by atoms with Crippen LogP contribution in [0.1, 0.15) is 5.76 Å². The standard InChI is InChI=1S/C26H16Cl3N5O2S/c27-16-10-15(11-17(28)12-16)24-8-6-19(36-24)7-9-25(35)31-26(37)30-21-14-23-22(13-20(21)29)32-34(33-23)18-4-2-1-3-5-18/h1-14H,(H2,30,31,35,37)/b9-7+. The Morgan fingerprint density at radius 1 is 0.919 bits per heavy atom. The molecule has 2 aromatic heterocycles. The van der Waals surface area contributed by atoms with Gasteiger partial charge in [-0.15, -0.1) is 10.2 Å². The Morgan fingerprint density at radius 2 is 1.62 bits per heavy atom. The number of hydrogen-bond acceptors (Lipinski definition) is 5. The molecule has 7 nitrogen and oxygen atoms in total. The van der Waals surface area contributed by atoms with Gasteiger partial charge in [0.1, 0.15) is 22.6 Å². The second-order valence-corrected chi connectivity index (χ2v) is 9.47. The number of thiocarbonyl (C=S) groups is 1. The van der Waals surface area contributed by atoms with Crippen molar-refractivity contribution in [2.45, 2.75) is 0 Å². The second-order valence-electron chi connectivity index (χ2n) is 7.78. The summed E-state index contributed by atoms with van der Waals surface area (Å²) in [6.45, 7) is 0. The maximum absolute atomic E-state index is 12.4. The highest BCUT2D eigenvalue weighted by Crippen LogP contribution is 2.29. The molecule has 2 heterocycles. The number of benzene rings is 3. The zero-order chi connectivity index (χ0) is 25.9. The summed E-state index contributed by atoms with van der Waals surface area (Å²) in [6.07, 6.45) is 2.83. The van der Waals surface area contributed by atoms with Crippen LogP contribution in [-0.2, 0) is 4.79 Å². The van der Waals surface area contributed by atoms with Crippen molar-refractivity contribution in [2.24, 2.45) is 0 Å². The molecule has 0 spiro atoms. The van der Waals surface area contributed by atoms with Crippen LogP contribution in [0, 0.1) is 0 Å². The van der Waals surface area contributed by atoms with Gasteiger partial charge < -0.3 is 9.73 Å². The fourth-order valence-corrected chi connectivity index (χ4v) is 4.41. The van der Waals surface area contributed by atoms with E-state index in [2.05, 4.69) is 20.8 Å². The molecule has 5 aromatic rings. The number of aromatic nitrogens is 3. The van der Waals surface area contributed by atoms with E-state index in [0.717, 1.165) is 11.3 Å². The van der Waals surface area contributed by atoms with Crippen molar-refractivity contribution >= 4 is 80.8 Å². The van der Waals surface area contributed by atoms with Crippen LogP contribution in [0.3, 0.4) is 0 Å². The maximum Gasteiger partial charge on any atom is 0.250 e. The zero-order valence-corrected chi connectivity index (χ0v) is 21.9. The Hall–Kier alpha value is -3.69. The molecule has 0 fully saturated rings. The molecule has 1 amide bonds. The van der Waals surface area contributed by atoms with E-state index < -0.39 is 5.91 Å². The van der Waals surface area contributed by atoms with Gasteiger partial charge in [0.2, 0.25) is 5.91 Å². The Labute approximate surface area is 231 Å². The van der Waals surface area contributed by atoms with Gasteiger partial charge in [0.25, 0.3) is 0 Å². The highest BCUT2D eigenvalue weighted by molar-refractivity contribution is 7.80. The molecule has 37 heavy (non-hydrogen) atoms. The molecule has 0 unspecified atom stereocenters. The van der Waals surface area contributed by atoms with Gasteiger partial charge in [0.15, 0.2) is 5.11 Å². The van der Waals surface area contributed by atoms with Gasteiger partial charge in [0.05, 0.1) is 16.4 Å². The van der Waals surface area contributed by atoms with Crippen LogP contribution in [0.25, 0.3) is 34.1 Å². The maximum atomic E-state index is 12.4.